The van der Waals surface area contributed by atoms with Crippen LogP contribution in [0.15, 0.2) is 4.99 Å². The quantitative estimate of drug-likeness (QED) is 0.331. The van der Waals surface area contributed by atoms with Gasteiger partial charge in [-0.25, -0.2) is 0 Å². The van der Waals surface area contributed by atoms with Crippen LogP contribution in [0.3, 0.4) is 0 Å². The standard InChI is InChI=1S/C18H36N4OS.HI/c1-5-19-18(21-15-6-7-16(12-15)24-4)20-13-17(14(2)3)22-8-10-23-11-9-22;/h14-17H,5-13H2,1-4H3,(H2,19,20,21);1H. The van der Waals surface area contributed by atoms with Gasteiger partial charge in [0.25, 0.3) is 0 Å². The molecule has 0 aromatic rings. The van der Waals surface area contributed by atoms with Crippen molar-refractivity contribution in [3.8, 4) is 0 Å². The average molecular weight is 484 g/mol. The number of halogens is 1. The first kappa shape index (κ1) is 23.3. The summed E-state index contributed by atoms with van der Waals surface area (Å²) in [6.45, 7) is 12.3. The van der Waals surface area contributed by atoms with Crippen LogP contribution in [0.2, 0.25) is 0 Å². The van der Waals surface area contributed by atoms with Crippen LogP contribution in [-0.4, -0.2) is 73.8 Å². The van der Waals surface area contributed by atoms with E-state index in [1.54, 1.807) is 0 Å². The Labute approximate surface area is 175 Å². The van der Waals surface area contributed by atoms with Gasteiger partial charge in [-0.1, -0.05) is 13.8 Å². The smallest absolute Gasteiger partial charge is 0.191 e. The molecule has 7 heteroatoms. The predicted octanol–water partition coefficient (Wildman–Crippen LogP) is 2.80. The van der Waals surface area contributed by atoms with Crippen LogP contribution in [0.25, 0.3) is 0 Å². The van der Waals surface area contributed by atoms with E-state index in [1.165, 1.54) is 19.3 Å². The van der Waals surface area contributed by atoms with Crippen molar-refractivity contribution in [2.24, 2.45) is 10.9 Å². The fourth-order valence-corrected chi connectivity index (χ4v) is 4.44. The second kappa shape index (κ2) is 12.6. The van der Waals surface area contributed by atoms with E-state index in [0.717, 1.165) is 50.6 Å². The molecular formula is C18H37IN4OS. The van der Waals surface area contributed by atoms with Gasteiger partial charge in [-0.3, -0.25) is 9.89 Å². The second-order valence-electron chi connectivity index (χ2n) is 7.19. The van der Waals surface area contributed by atoms with Crippen molar-refractivity contribution < 1.29 is 4.74 Å². The summed E-state index contributed by atoms with van der Waals surface area (Å²) in [6.07, 6.45) is 6.05. The minimum absolute atomic E-state index is 0. The van der Waals surface area contributed by atoms with Gasteiger partial charge < -0.3 is 15.4 Å². The molecule has 0 bridgehead atoms. The zero-order valence-electron chi connectivity index (χ0n) is 16.3. The summed E-state index contributed by atoms with van der Waals surface area (Å²) < 4.78 is 5.50. The lowest BCUT2D eigenvalue weighted by atomic mass is 10.0. The zero-order chi connectivity index (χ0) is 17.4. The van der Waals surface area contributed by atoms with Gasteiger partial charge in [0, 0.05) is 37.0 Å². The van der Waals surface area contributed by atoms with Gasteiger partial charge in [-0.05, 0) is 38.4 Å². The van der Waals surface area contributed by atoms with Crippen molar-refractivity contribution in [3.63, 3.8) is 0 Å². The van der Waals surface area contributed by atoms with E-state index in [0.29, 0.717) is 18.0 Å². The normalized spacial score (nSPS) is 26.4. The van der Waals surface area contributed by atoms with Crippen molar-refractivity contribution in [3.05, 3.63) is 0 Å². The van der Waals surface area contributed by atoms with Crippen molar-refractivity contribution in [2.45, 2.75) is 57.4 Å². The minimum Gasteiger partial charge on any atom is -0.379 e. The zero-order valence-corrected chi connectivity index (χ0v) is 19.4. The predicted molar refractivity (Wildman–Crippen MR) is 120 cm³/mol. The molecule has 0 aromatic heterocycles. The maximum Gasteiger partial charge on any atom is 0.191 e. The number of hydrogen-bond acceptors (Lipinski definition) is 4. The summed E-state index contributed by atoms with van der Waals surface area (Å²) in [4.78, 5) is 7.47. The van der Waals surface area contributed by atoms with Crippen molar-refractivity contribution in [1.82, 2.24) is 15.5 Å². The van der Waals surface area contributed by atoms with Crippen LogP contribution in [0, 0.1) is 5.92 Å². The minimum atomic E-state index is 0. The molecule has 2 rings (SSSR count). The Morgan fingerprint density at radius 3 is 2.56 bits per heavy atom. The van der Waals surface area contributed by atoms with Crippen molar-refractivity contribution >= 4 is 41.7 Å². The number of guanidine groups is 1. The molecule has 1 saturated heterocycles. The van der Waals surface area contributed by atoms with Crippen molar-refractivity contribution in [1.29, 1.82) is 0 Å². The molecule has 0 amide bonds. The Balaban J connectivity index is 0.00000312. The molecule has 0 spiro atoms. The van der Waals surface area contributed by atoms with Gasteiger partial charge in [0.15, 0.2) is 5.96 Å². The fourth-order valence-electron chi connectivity index (χ4n) is 3.64. The molecule has 1 saturated carbocycles. The van der Waals surface area contributed by atoms with E-state index in [4.69, 9.17) is 9.73 Å². The maximum atomic E-state index is 5.50. The molecule has 25 heavy (non-hydrogen) atoms. The molecular weight excluding hydrogens is 447 g/mol. The van der Waals surface area contributed by atoms with Crippen LogP contribution in [0.4, 0.5) is 0 Å². The number of morpholine rings is 1. The molecule has 5 nitrogen and oxygen atoms in total. The molecule has 2 aliphatic rings. The lowest BCUT2D eigenvalue weighted by Crippen LogP contribution is -2.48. The van der Waals surface area contributed by atoms with Crippen LogP contribution in [-0.2, 0) is 4.74 Å². The third-order valence-corrected chi connectivity index (χ3v) is 6.22. The highest BCUT2D eigenvalue weighted by molar-refractivity contribution is 14.0. The van der Waals surface area contributed by atoms with E-state index in [-0.39, 0.29) is 24.0 Å². The second-order valence-corrected chi connectivity index (χ2v) is 8.33. The Morgan fingerprint density at radius 1 is 1.28 bits per heavy atom. The SMILES string of the molecule is CCNC(=NCC(C(C)C)N1CCOCC1)NC1CCC(SC)C1.I. The first-order valence-corrected chi connectivity index (χ1v) is 10.8. The number of nitrogens with zero attached hydrogens (tertiary/aromatic N) is 2. The third kappa shape index (κ3) is 7.81. The number of nitrogens with one attached hydrogen (secondary N) is 2. The van der Waals surface area contributed by atoms with Crippen molar-refractivity contribution in [2.75, 3.05) is 45.6 Å². The molecule has 3 atom stereocenters. The highest BCUT2D eigenvalue weighted by Gasteiger charge is 2.26. The van der Waals surface area contributed by atoms with E-state index >= 15 is 0 Å². The highest BCUT2D eigenvalue weighted by Crippen LogP contribution is 2.28. The van der Waals surface area contributed by atoms with Crippen LogP contribution in [0.5, 0.6) is 0 Å². The van der Waals surface area contributed by atoms with Gasteiger partial charge in [-0.15, -0.1) is 24.0 Å². The maximum absolute atomic E-state index is 5.50. The van der Waals surface area contributed by atoms with E-state index in [1.807, 2.05) is 11.8 Å². The van der Waals surface area contributed by atoms with Crippen LogP contribution in [0.1, 0.15) is 40.0 Å². The molecule has 2 N–H and O–H groups in total. The van der Waals surface area contributed by atoms with Gasteiger partial charge in [-0.2, -0.15) is 11.8 Å². The third-order valence-electron chi connectivity index (χ3n) is 5.12. The Bertz CT molecular complexity index is 391. The number of ether oxygens (including phenoxy) is 1. The summed E-state index contributed by atoms with van der Waals surface area (Å²) in [6, 6.07) is 1.06. The summed E-state index contributed by atoms with van der Waals surface area (Å²) >= 11 is 2.00. The molecule has 1 aliphatic heterocycles. The van der Waals surface area contributed by atoms with Gasteiger partial charge in [0.2, 0.25) is 0 Å². The van der Waals surface area contributed by atoms with E-state index in [9.17, 15) is 0 Å². The van der Waals surface area contributed by atoms with E-state index < -0.39 is 0 Å². The lowest BCUT2D eigenvalue weighted by Gasteiger charge is -2.36. The monoisotopic (exact) mass is 484 g/mol. The summed E-state index contributed by atoms with van der Waals surface area (Å²) in [7, 11) is 0. The molecule has 1 heterocycles. The fraction of sp³-hybridized carbons (Fsp3) is 0.944. The number of thioether (sulfide) groups is 1. The number of rotatable bonds is 7. The molecule has 3 unspecified atom stereocenters. The first-order valence-electron chi connectivity index (χ1n) is 9.53. The summed E-state index contributed by atoms with van der Waals surface area (Å²) in [5.41, 5.74) is 0. The number of aliphatic imine (C=N–C) groups is 1. The molecule has 1 aliphatic carbocycles. The Kier molecular flexibility index (Phi) is 11.8. The van der Waals surface area contributed by atoms with Crippen LogP contribution < -0.4 is 10.6 Å². The Morgan fingerprint density at radius 2 is 2.00 bits per heavy atom. The summed E-state index contributed by atoms with van der Waals surface area (Å²) in [5.74, 6) is 1.59. The average Bonchev–Trinajstić information content (AvgIpc) is 3.03. The van der Waals surface area contributed by atoms with Gasteiger partial charge in [0.1, 0.15) is 0 Å². The lowest BCUT2D eigenvalue weighted by molar-refractivity contribution is 0.00867. The van der Waals surface area contributed by atoms with E-state index in [2.05, 4.69) is 42.6 Å². The molecule has 2 fully saturated rings. The first-order chi connectivity index (χ1) is 11.6. The highest BCUT2D eigenvalue weighted by atomic mass is 127. The topological polar surface area (TPSA) is 48.9 Å². The Hall–Kier alpha value is 0.270. The van der Waals surface area contributed by atoms with Gasteiger partial charge >= 0.3 is 0 Å². The number of hydrogen-bond donors (Lipinski definition) is 2. The largest absolute Gasteiger partial charge is 0.379 e. The van der Waals surface area contributed by atoms with Gasteiger partial charge in [0.05, 0.1) is 19.8 Å². The molecule has 0 radical (unpaired) electrons. The molecule has 0 aromatic carbocycles. The molecule has 148 valence electrons. The summed E-state index contributed by atoms with van der Waals surface area (Å²) in [5, 5.41) is 7.90. The van der Waals surface area contributed by atoms with Crippen LogP contribution >= 0.6 is 35.7 Å².